The van der Waals surface area contributed by atoms with Gasteiger partial charge in [0.2, 0.25) is 15.2 Å². The topological polar surface area (TPSA) is 115 Å². The Hall–Kier alpha value is -3.83. The molecule has 5 rings (SSSR count). The van der Waals surface area contributed by atoms with E-state index in [1.54, 1.807) is 23.0 Å². The lowest BCUT2D eigenvalue weighted by atomic mass is 10.1. The first-order valence-corrected chi connectivity index (χ1v) is 13.5. The minimum Gasteiger partial charge on any atom is -0.253 e. The van der Waals surface area contributed by atoms with Crippen LogP contribution in [0.3, 0.4) is 0 Å². The number of anilines is 1. The van der Waals surface area contributed by atoms with E-state index >= 15 is 0 Å². The molecular weight excluding hydrogens is 516 g/mol. The van der Waals surface area contributed by atoms with E-state index in [9.17, 15) is 8.42 Å². The molecule has 0 aliphatic heterocycles. The Labute approximate surface area is 216 Å². The van der Waals surface area contributed by atoms with Crippen LogP contribution in [0.5, 0.6) is 0 Å². The van der Waals surface area contributed by atoms with Gasteiger partial charge in [-0.1, -0.05) is 54.1 Å². The molecule has 0 fully saturated rings. The molecule has 3 aromatic carbocycles. The highest BCUT2D eigenvalue weighted by Crippen LogP contribution is 2.26. The molecule has 11 heteroatoms. The summed E-state index contributed by atoms with van der Waals surface area (Å²) in [6.45, 7) is 0. The van der Waals surface area contributed by atoms with E-state index < -0.39 is 10.0 Å². The molecule has 0 aliphatic rings. The molecule has 0 saturated heterocycles. The summed E-state index contributed by atoms with van der Waals surface area (Å²) in [5.41, 5.74) is 7.85. The van der Waals surface area contributed by atoms with E-state index in [4.69, 9.17) is 21.8 Å². The third kappa shape index (κ3) is 5.37. The van der Waals surface area contributed by atoms with Crippen LogP contribution in [0.2, 0.25) is 5.02 Å². The monoisotopic (exact) mass is 534 g/mol. The molecule has 2 heterocycles. The number of hydrogen-bond donors (Lipinski definition) is 2. The lowest BCUT2D eigenvalue weighted by molar-refractivity contribution is 0.598. The first-order valence-electron chi connectivity index (χ1n) is 10.7. The van der Waals surface area contributed by atoms with E-state index in [2.05, 4.69) is 15.5 Å². The fraction of sp³-hybridized carbons (Fsp3) is 0. The standard InChI is InChI=1S/C25H19ClN6O2S2/c26-20-8-6-17(7-9-20)23-16-35-25(29-23)30-28-14-19-15-32(31-24(19)18-4-2-1-3-5-18)21-10-12-22(13-11-21)36(27,33)34/h1-16H,(H,29,30)(H2,27,33,34)/b28-14+. The third-order valence-corrected chi connectivity index (χ3v) is 7.16. The molecule has 0 saturated carbocycles. The number of nitrogens with two attached hydrogens (primary N) is 1. The van der Waals surface area contributed by atoms with Gasteiger partial charge in [-0.25, -0.2) is 23.2 Å². The predicted octanol–water partition coefficient (Wildman–Crippen LogP) is 5.41. The number of thiazole rings is 1. The largest absolute Gasteiger partial charge is 0.253 e. The van der Waals surface area contributed by atoms with Gasteiger partial charge in [0.1, 0.15) is 5.69 Å². The molecule has 0 aliphatic carbocycles. The zero-order valence-electron chi connectivity index (χ0n) is 18.6. The van der Waals surface area contributed by atoms with Gasteiger partial charge < -0.3 is 0 Å². The Morgan fingerprint density at radius 1 is 0.972 bits per heavy atom. The number of nitrogens with zero attached hydrogens (tertiary/aromatic N) is 4. The summed E-state index contributed by atoms with van der Waals surface area (Å²) in [6.07, 6.45) is 3.49. The summed E-state index contributed by atoms with van der Waals surface area (Å²) in [6, 6.07) is 23.4. The summed E-state index contributed by atoms with van der Waals surface area (Å²) in [5.74, 6) is 0. The van der Waals surface area contributed by atoms with Crippen LogP contribution in [-0.2, 0) is 10.0 Å². The van der Waals surface area contributed by atoms with Crippen LogP contribution in [0.1, 0.15) is 5.56 Å². The lowest BCUT2D eigenvalue weighted by Crippen LogP contribution is -2.12. The first kappa shape index (κ1) is 23.9. The van der Waals surface area contributed by atoms with Crippen LogP contribution in [0.25, 0.3) is 28.2 Å². The van der Waals surface area contributed by atoms with E-state index in [-0.39, 0.29) is 4.90 Å². The van der Waals surface area contributed by atoms with Crippen LogP contribution in [-0.4, -0.2) is 29.4 Å². The van der Waals surface area contributed by atoms with Crippen molar-refractivity contribution in [2.45, 2.75) is 4.90 Å². The summed E-state index contributed by atoms with van der Waals surface area (Å²) >= 11 is 7.41. The van der Waals surface area contributed by atoms with Crippen LogP contribution < -0.4 is 10.6 Å². The zero-order valence-corrected chi connectivity index (χ0v) is 21.0. The van der Waals surface area contributed by atoms with Crippen molar-refractivity contribution in [1.82, 2.24) is 14.8 Å². The van der Waals surface area contributed by atoms with Crippen molar-refractivity contribution in [2.75, 3.05) is 5.43 Å². The van der Waals surface area contributed by atoms with Gasteiger partial charge >= 0.3 is 0 Å². The van der Waals surface area contributed by atoms with Gasteiger partial charge in [0.05, 0.1) is 22.5 Å². The smallest absolute Gasteiger partial charge is 0.238 e. The second kappa shape index (κ2) is 10.0. The molecule has 0 unspecified atom stereocenters. The van der Waals surface area contributed by atoms with Crippen molar-refractivity contribution in [2.24, 2.45) is 10.2 Å². The van der Waals surface area contributed by atoms with Gasteiger partial charge in [-0.3, -0.25) is 5.43 Å². The molecular formula is C25H19ClN6O2S2. The summed E-state index contributed by atoms with van der Waals surface area (Å²) in [7, 11) is -3.77. The number of benzene rings is 3. The number of nitrogens with one attached hydrogen (secondary N) is 1. The minimum absolute atomic E-state index is 0.0362. The van der Waals surface area contributed by atoms with Gasteiger partial charge in [-0.05, 0) is 36.4 Å². The number of primary sulfonamides is 1. The highest BCUT2D eigenvalue weighted by atomic mass is 35.5. The zero-order chi connectivity index (χ0) is 25.1. The average Bonchev–Trinajstić information content (AvgIpc) is 3.52. The molecule has 180 valence electrons. The number of hydrazone groups is 1. The second-order valence-corrected chi connectivity index (χ2v) is 10.6. The quantitative estimate of drug-likeness (QED) is 0.214. The Balaban J connectivity index is 1.41. The van der Waals surface area contributed by atoms with Crippen molar-refractivity contribution < 1.29 is 8.42 Å². The molecule has 36 heavy (non-hydrogen) atoms. The Kier molecular flexibility index (Phi) is 6.66. The summed E-state index contributed by atoms with van der Waals surface area (Å²) in [5, 5.41) is 17.6. The first-order chi connectivity index (χ1) is 17.4. The number of sulfonamides is 1. The number of halogens is 1. The van der Waals surface area contributed by atoms with Crippen molar-refractivity contribution in [1.29, 1.82) is 0 Å². The molecule has 0 bridgehead atoms. The normalized spacial score (nSPS) is 11.7. The fourth-order valence-electron chi connectivity index (χ4n) is 3.46. The van der Waals surface area contributed by atoms with Crippen LogP contribution >= 0.6 is 22.9 Å². The van der Waals surface area contributed by atoms with E-state index in [0.29, 0.717) is 15.8 Å². The molecule has 0 atom stereocenters. The fourth-order valence-corrected chi connectivity index (χ4v) is 4.77. The van der Waals surface area contributed by atoms with Gasteiger partial charge in [0.15, 0.2) is 0 Å². The van der Waals surface area contributed by atoms with Crippen LogP contribution in [0, 0.1) is 0 Å². The van der Waals surface area contributed by atoms with Gasteiger partial charge in [0.25, 0.3) is 0 Å². The minimum atomic E-state index is -3.77. The van der Waals surface area contributed by atoms with Crippen molar-refractivity contribution >= 4 is 44.3 Å². The summed E-state index contributed by atoms with van der Waals surface area (Å²) < 4.78 is 24.8. The molecule has 5 aromatic rings. The molecule has 0 spiro atoms. The van der Waals surface area contributed by atoms with Crippen molar-refractivity contribution in [3.8, 4) is 28.2 Å². The SMILES string of the molecule is NS(=O)(=O)c1ccc(-n2cc(/C=N/Nc3nc(-c4ccc(Cl)cc4)cs3)c(-c3ccccc3)n2)cc1. The van der Waals surface area contributed by atoms with Gasteiger partial charge in [0, 0.05) is 33.3 Å². The molecule has 3 N–H and O–H groups in total. The highest BCUT2D eigenvalue weighted by molar-refractivity contribution is 7.89. The van der Waals surface area contributed by atoms with Gasteiger partial charge in [-0.15, -0.1) is 11.3 Å². The Bertz CT molecular complexity index is 1630. The number of aromatic nitrogens is 3. The molecule has 0 radical (unpaired) electrons. The van der Waals surface area contributed by atoms with Crippen LogP contribution in [0.4, 0.5) is 5.13 Å². The second-order valence-electron chi connectivity index (χ2n) is 7.70. The molecule has 2 aromatic heterocycles. The van der Waals surface area contributed by atoms with Crippen molar-refractivity contribution in [3.63, 3.8) is 0 Å². The Morgan fingerprint density at radius 3 is 2.39 bits per heavy atom. The molecule has 0 amide bonds. The van der Waals surface area contributed by atoms with E-state index in [0.717, 1.165) is 28.1 Å². The number of hydrogen-bond acceptors (Lipinski definition) is 7. The third-order valence-electron chi connectivity index (χ3n) is 5.23. The predicted molar refractivity (Wildman–Crippen MR) is 144 cm³/mol. The van der Waals surface area contributed by atoms with E-state index in [1.165, 1.54) is 23.5 Å². The van der Waals surface area contributed by atoms with Gasteiger partial charge in [-0.2, -0.15) is 10.2 Å². The summed E-state index contributed by atoms with van der Waals surface area (Å²) in [4.78, 5) is 4.61. The van der Waals surface area contributed by atoms with Crippen LogP contribution in [0.15, 0.2) is 100 Å². The lowest BCUT2D eigenvalue weighted by Gasteiger charge is -2.03. The van der Waals surface area contributed by atoms with Crippen molar-refractivity contribution in [3.05, 3.63) is 101 Å². The highest BCUT2D eigenvalue weighted by Gasteiger charge is 2.13. The molecule has 8 nitrogen and oxygen atoms in total. The number of rotatable bonds is 7. The maximum absolute atomic E-state index is 11.6. The average molecular weight is 535 g/mol. The van der Waals surface area contributed by atoms with E-state index in [1.807, 2.05) is 66.2 Å². The Morgan fingerprint density at radius 2 is 1.69 bits per heavy atom. The maximum atomic E-state index is 11.6. The maximum Gasteiger partial charge on any atom is 0.238 e.